The first kappa shape index (κ1) is 28.1. The lowest BCUT2D eigenvalue weighted by molar-refractivity contribution is 0.509. The van der Waals surface area contributed by atoms with Gasteiger partial charge in [0, 0.05) is 53.8 Å². The number of allylic oxidation sites excluding steroid dienone is 1. The molecule has 0 unspecified atom stereocenters. The van der Waals surface area contributed by atoms with Crippen LogP contribution in [0.4, 0.5) is 15.8 Å². The van der Waals surface area contributed by atoms with Gasteiger partial charge in [-0.15, -0.1) is 12.8 Å². The normalized spacial score (nSPS) is 11.0. The third-order valence-electron chi connectivity index (χ3n) is 6.60. The van der Waals surface area contributed by atoms with E-state index in [1.807, 2.05) is 19.4 Å². The molecule has 0 atom stereocenters. The summed E-state index contributed by atoms with van der Waals surface area (Å²) >= 11 is 0. The third kappa shape index (κ3) is 6.19. The van der Waals surface area contributed by atoms with E-state index in [-0.39, 0.29) is 11.2 Å². The molecule has 6 nitrogen and oxygen atoms in total. The molecule has 5 rings (SSSR count). The third-order valence-corrected chi connectivity index (χ3v) is 6.60. The number of fused-ring (bicyclic) bond motifs is 1. The topological polar surface area (TPSA) is 78.5 Å². The van der Waals surface area contributed by atoms with E-state index in [4.69, 9.17) is 4.98 Å². The molecule has 0 saturated carbocycles. The number of nitrogens with zero attached hydrogens (tertiary/aromatic N) is 3. The first-order chi connectivity index (χ1) is 19.2. The maximum absolute atomic E-state index is 13.5. The summed E-state index contributed by atoms with van der Waals surface area (Å²) in [7, 11) is 1.91. The van der Waals surface area contributed by atoms with Crippen LogP contribution in [-0.2, 0) is 6.42 Å². The zero-order valence-electron chi connectivity index (χ0n) is 23.2. The second-order valence-electron chi connectivity index (χ2n) is 10.4. The average molecular weight is 533 g/mol. The van der Waals surface area contributed by atoms with E-state index in [1.54, 1.807) is 24.5 Å². The maximum atomic E-state index is 13.5. The lowest BCUT2D eigenvalue weighted by atomic mass is 9.93. The van der Waals surface area contributed by atoms with Gasteiger partial charge < -0.3 is 15.6 Å². The number of anilines is 2. The molecule has 0 bridgehead atoms. The molecule has 3 N–H and O–H groups in total. The monoisotopic (exact) mass is 532 g/mol. The molecule has 0 fully saturated rings. The lowest BCUT2D eigenvalue weighted by Gasteiger charge is -2.23. The summed E-state index contributed by atoms with van der Waals surface area (Å²) < 4.78 is 13.5. The largest absolute Gasteiger partial charge is 0.388 e. The van der Waals surface area contributed by atoms with Crippen LogP contribution in [0.25, 0.3) is 33.3 Å². The molecule has 5 aromatic rings. The Hall–Kier alpha value is -4.96. The Morgan fingerprint density at radius 2 is 1.62 bits per heavy atom. The summed E-state index contributed by atoms with van der Waals surface area (Å²) in [5.41, 5.74) is 9.34. The summed E-state index contributed by atoms with van der Waals surface area (Å²) in [6, 6.07) is 14.8. The lowest BCUT2D eigenvalue weighted by Crippen LogP contribution is -2.15. The summed E-state index contributed by atoms with van der Waals surface area (Å²) in [6.45, 7) is 10.5. The number of hydrogen-bond acceptors (Lipinski definition) is 5. The number of nitrogens with one attached hydrogen (secondary N) is 3. The summed E-state index contributed by atoms with van der Waals surface area (Å²) in [5.74, 6) is 0.548. The molecule has 0 aliphatic carbocycles. The first-order valence-electron chi connectivity index (χ1n) is 12.9. The molecule has 202 valence electrons. The highest BCUT2D eigenvalue weighted by Crippen LogP contribution is 2.31. The second-order valence-corrected chi connectivity index (χ2v) is 10.4. The minimum Gasteiger partial charge on any atom is -0.388 e. The fraction of sp³-hybridized carbons (Fsp3) is 0.182. The molecule has 3 heterocycles. The number of aromatic amines is 1. The Labute approximate surface area is 234 Å². The van der Waals surface area contributed by atoms with Gasteiger partial charge in [0.1, 0.15) is 11.6 Å². The first-order valence-corrected chi connectivity index (χ1v) is 12.9. The van der Waals surface area contributed by atoms with Crippen LogP contribution in [0.15, 0.2) is 85.6 Å². The van der Waals surface area contributed by atoms with Crippen LogP contribution in [0.2, 0.25) is 0 Å². The quantitative estimate of drug-likeness (QED) is 0.187. The smallest absolute Gasteiger partial charge is 0.123 e. The maximum Gasteiger partial charge on any atom is 0.123 e. The van der Waals surface area contributed by atoms with Crippen molar-refractivity contribution in [2.45, 2.75) is 27.2 Å². The molecule has 0 amide bonds. The predicted octanol–water partition coefficient (Wildman–Crippen LogP) is 7.68. The highest BCUT2D eigenvalue weighted by atomic mass is 19.1. The molecular weight excluding hydrogens is 499 g/mol. The van der Waals surface area contributed by atoms with Crippen molar-refractivity contribution < 1.29 is 4.39 Å². The number of hydrogen-bond donors (Lipinski definition) is 3. The zero-order valence-corrected chi connectivity index (χ0v) is 23.2. The van der Waals surface area contributed by atoms with Crippen molar-refractivity contribution in [1.29, 1.82) is 0 Å². The molecule has 0 aliphatic rings. The molecule has 7 heteroatoms. The van der Waals surface area contributed by atoms with E-state index in [2.05, 4.69) is 90.0 Å². The van der Waals surface area contributed by atoms with Crippen molar-refractivity contribution in [3.63, 3.8) is 0 Å². The molecule has 2 aromatic carbocycles. The molecule has 0 spiro atoms. The van der Waals surface area contributed by atoms with Gasteiger partial charge in [-0.25, -0.2) is 9.37 Å². The van der Waals surface area contributed by atoms with Crippen LogP contribution in [-0.4, -0.2) is 27.0 Å². The van der Waals surface area contributed by atoms with E-state index in [9.17, 15) is 4.39 Å². The predicted molar refractivity (Wildman–Crippen MR) is 163 cm³/mol. The number of rotatable bonds is 7. The van der Waals surface area contributed by atoms with Crippen LogP contribution in [0.3, 0.4) is 0 Å². The van der Waals surface area contributed by atoms with E-state index < -0.39 is 0 Å². The van der Waals surface area contributed by atoms with Crippen molar-refractivity contribution in [3.8, 4) is 35.1 Å². The molecule has 3 aromatic heterocycles. The number of benzene rings is 2. The number of pyridine rings is 2. The van der Waals surface area contributed by atoms with Gasteiger partial charge in [0.05, 0.1) is 29.1 Å². The van der Waals surface area contributed by atoms with Crippen molar-refractivity contribution in [1.82, 2.24) is 19.9 Å². The van der Waals surface area contributed by atoms with Gasteiger partial charge in [0.15, 0.2) is 0 Å². The van der Waals surface area contributed by atoms with E-state index in [0.717, 1.165) is 61.7 Å². The molecule has 0 radical (unpaired) electrons. The van der Waals surface area contributed by atoms with Crippen LogP contribution < -0.4 is 10.6 Å². The Kier molecular flexibility index (Phi) is 8.30. The van der Waals surface area contributed by atoms with Crippen LogP contribution in [0.1, 0.15) is 32.2 Å². The Morgan fingerprint density at radius 1 is 0.925 bits per heavy atom. The average Bonchev–Trinajstić information content (AvgIpc) is 3.37. The van der Waals surface area contributed by atoms with E-state index in [0.29, 0.717) is 6.42 Å². The highest BCUT2D eigenvalue weighted by molar-refractivity contribution is 5.91. The van der Waals surface area contributed by atoms with Crippen LogP contribution in [0.5, 0.6) is 0 Å². The van der Waals surface area contributed by atoms with Gasteiger partial charge in [0.2, 0.25) is 0 Å². The van der Waals surface area contributed by atoms with E-state index >= 15 is 0 Å². The molecular formula is C33H33FN6. The number of halogens is 1. The fourth-order valence-corrected chi connectivity index (χ4v) is 4.28. The summed E-state index contributed by atoms with van der Waals surface area (Å²) in [4.78, 5) is 17.1. The van der Waals surface area contributed by atoms with Crippen LogP contribution in [0, 0.1) is 24.1 Å². The SMILES string of the molecule is C#C.C=C(Nc1cncc(-c2ccc(NC)c(Cc3nc4c(-c5ccc(F)cc5)cncc4[nH]3)c2)c1)C(C)(C)C. The molecule has 0 aliphatic heterocycles. The number of terminal acetylenes is 1. The standard InChI is InChI=1S/C31H31FN6.C2H2/c1-19(31(2,3)4)36-25-13-23(15-34-16-25)21-8-11-27(33-5)22(12-21)14-29-37-28-18-35-17-26(30(28)38-29)20-6-9-24(32)10-7-20;1-2/h6-13,15-18,33,36H,1,14H2,2-5H3,(H,37,38);1-2H. The van der Waals surface area contributed by atoms with E-state index in [1.165, 1.54) is 12.1 Å². The van der Waals surface area contributed by atoms with Crippen LogP contribution >= 0.6 is 0 Å². The van der Waals surface area contributed by atoms with Crippen molar-refractivity contribution in [2.75, 3.05) is 17.7 Å². The van der Waals surface area contributed by atoms with Crippen molar-refractivity contribution in [3.05, 3.63) is 103 Å². The summed E-state index contributed by atoms with van der Waals surface area (Å²) in [5, 5.41) is 6.69. The second kappa shape index (κ2) is 11.8. The summed E-state index contributed by atoms with van der Waals surface area (Å²) in [6.07, 6.45) is 15.8. The van der Waals surface area contributed by atoms with Gasteiger partial charge in [-0.3, -0.25) is 9.97 Å². The number of H-pyrrole nitrogens is 1. The minimum absolute atomic E-state index is 0.0592. The van der Waals surface area contributed by atoms with Crippen molar-refractivity contribution in [2.24, 2.45) is 5.41 Å². The van der Waals surface area contributed by atoms with Crippen molar-refractivity contribution >= 4 is 22.4 Å². The molecule has 0 saturated heterocycles. The van der Waals surface area contributed by atoms with Gasteiger partial charge in [-0.05, 0) is 47.0 Å². The number of aromatic nitrogens is 4. The number of imidazole rings is 1. The highest BCUT2D eigenvalue weighted by Gasteiger charge is 2.16. The van der Waals surface area contributed by atoms with Gasteiger partial charge in [0.25, 0.3) is 0 Å². The van der Waals surface area contributed by atoms with Gasteiger partial charge in [-0.2, -0.15) is 0 Å². The fourth-order valence-electron chi connectivity index (χ4n) is 4.28. The Balaban J connectivity index is 0.00000181. The minimum atomic E-state index is -0.272. The van der Waals surface area contributed by atoms with Gasteiger partial charge in [-0.1, -0.05) is 45.5 Å². The molecule has 40 heavy (non-hydrogen) atoms. The Morgan fingerprint density at radius 3 is 2.33 bits per heavy atom. The van der Waals surface area contributed by atoms with Gasteiger partial charge >= 0.3 is 0 Å². The zero-order chi connectivity index (χ0) is 28.9. The Bertz CT molecular complexity index is 1660.